The molecule has 9 heteroatoms. The number of rotatable bonds is 1. The zero-order chi connectivity index (χ0) is 15.8. The van der Waals surface area contributed by atoms with Crippen molar-refractivity contribution in [2.45, 2.75) is 12.4 Å². The second-order valence-electron chi connectivity index (χ2n) is 4.49. The van der Waals surface area contributed by atoms with Crippen molar-refractivity contribution in [2.75, 3.05) is 24.5 Å². The molecule has 0 unspecified atom stereocenters. The van der Waals surface area contributed by atoms with Crippen LogP contribution >= 0.6 is 0 Å². The molecule has 1 aliphatic rings. The summed E-state index contributed by atoms with van der Waals surface area (Å²) in [5.74, 6) is -0.575. The van der Waals surface area contributed by atoms with Gasteiger partial charge in [0.2, 0.25) is 5.91 Å². The Balaban J connectivity index is 2.52. The second kappa shape index (κ2) is 5.21. The molecular weight excluding hydrogens is 302 g/mol. The Kier molecular flexibility index (Phi) is 3.87. The molecule has 0 saturated carbocycles. The van der Waals surface area contributed by atoms with Gasteiger partial charge in [-0.2, -0.15) is 26.3 Å². The lowest BCUT2D eigenvalue weighted by atomic mass is 10.1. The molecule has 116 valence electrons. The number of halogens is 6. The fraction of sp³-hybridized carbons (Fsp3) is 0.417. The molecule has 2 rings (SSSR count). The number of amides is 1. The summed E-state index contributed by atoms with van der Waals surface area (Å²) in [6.07, 6.45) is -9.85. The summed E-state index contributed by atoms with van der Waals surface area (Å²) >= 11 is 0. The lowest BCUT2D eigenvalue weighted by molar-refractivity contribution is -0.143. The van der Waals surface area contributed by atoms with E-state index in [0.717, 1.165) is 4.90 Å². The van der Waals surface area contributed by atoms with Gasteiger partial charge in [-0.1, -0.05) is 0 Å². The topological polar surface area (TPSA) is 32.3 Å². The fourth-order valence-electron chi connectivity index (χ4n) is 1.97. The molecule has 1 aliphatic heterocycles. The minimum Gasteiger partial charge on any atom is -0.310 e. The van der Waals surface area contributed by atoms with E-state index in [0.29, 0.717) is 18.7 Å². The van der Waals surface area contributed by atoms with Crippen molar-refractivity contribution in [3.8, 4) is 0 Å². The summed E-state index contributed by atoms with van der Waals surface area (Å²) in [5.41, 5.74) is -3.26. The van der Waals surface area contributed by atoms with Crippen LogP contribution in [0.1, 0.15) is 11.1 Å². The highest BCUT2D eigenvalue weighted by Crippen LogP contribution is 2.38. The first-order chi connectivity index (χ1) is 9.59. The van der Waals surface area contributed by atoms with Crippen molar-refractivity contribution in [1.82, 2.24) is 5.32 Å². The number of nitrogens with one attached hydrogen (secondary N) is 1. The molecule has 3 nitrogen and oxygen atoms in total. The monoisotopic (exact) mass is 312 g/mol. The highest BCUT2D eigenvalue weighted by Gasteiger charge is 2.38. The normalized spacial score (nSPS) is 17.2. The van der Waals surface area contributed by atoms with E-state index in [9.17, 15) is 31.1 Å². The predicted octanol–water partition coefficient (Wildman–Crippen LogP) is 2.66. The molecule has 0 aliphatic carbocycles. The van der Waals surface area contributed by atoms with Crippen LogP contribution in [0.15, 0.2) is 18.2 Å². The highest BCUT2D eigenvalue weighted by molar-refractivity contribution is 5.95. The maximum atomic E-state index is 12.7. The minimum atomic E-state index is -4.92. The standard InChI is InChI=1S/C12H10F6N2O/c13-11(14,15)7-3-8(12(16,17)18)5-9(4-7)20-2-1-19-6-10(20)21/h3-5,19H,1-2,6H2. The molecule has 0 atom stereocenters. The van der Waals surface area contributed by atoms with E-state index in [-0.39, 0.29) is 19.2 Å². The maximum Gasteiger partial charge on any atom is 0.416 e. The summed E-state index contributed by atoms with van der Waals surface area (Å²) in [6, 6.07) is 1.15. The SMILES string of the molecule is O=C1CNCCN1c1cc(C(F)(F)F)cc(C(F)(F)F)c1. The molecule has 1 saturated heterocycles. The Morgan fingerprint density at radius 1 is 0.952 bits per heavy atom. The Labute approximate surface area is 115 Å². The zero-order valence-corrected chi connectivity index (χ0v) is 10.5. The van der Waals surface area contributed by atoms with Gasteiger partial charge in [0.25, 0.3) is 0 Å². The molecule has 0 aromatic heterocycles. The van der Waals surface area contributed by atoms with E-state index >= 15 is 0 Å². The van der Waals surface area contributed by atoms with Crippen LogP contribution in [0.2, 0.25) is 0 Å². The third-order valence-electron chi connectivity index (χ3n) is 2.97. The molecule has 1 N–H and O–H groups in total. The molecule has 21 heavy (non-hydrogen) atoms. The fourth-order valence-corrected chi connectivity index (χ4v) is 1.97. The van der Waals surface area contributed by atoms with Gasteiger partial charge in [-0.25, -0.2) is 0 Å². The maximum absolute atomic E-state index is 12.7. The van der Waals surface area contributed by atoms with Crippen LogP contribution in [0, 0.1) is 0 Å². The van der Waals surface area contributed by atoms with Crippen LogP contribution in [-0.4, -0.2) is 25.5 Å². The smallest absolute Gasteiger partial charge is 0.310 e. The Morgan fingerprint density at radius 3 is 1.90 bits per heavy atom. The van der Waals surface area contributed by atoms with Crippen LogP contribution < -0.4 is 10.2 Å². The van der Waals surface area contributed by atoms with Crippen molar-refractivity contribution < 1.29 is 31.1 Å². The molecule has 1 heterocycles. The zero-order valence-electron chi connectivity index (χ0n) is 10.5. The molecule has 1 aromatic carbocycles. The van der Waals surface area contributed by atoms with Crippen molar-refractivity contribution in [3.63, 3.8) is 0 Å². The third kappa shape index (κ3) is 3.46. The van der Waals surface area contributed by atoms with Crippen LogP contribution in [0.5, 0.6) is 0 Å². The molecule has 0 radical (unpaired) electrons. The number of carbonyl (C=O) groups excluding carboxylic acids is 1. The van der Waals surface area contributed by atoms with Crippen molar-refractivity contribution in [3.05, 3.63) is 29.3 Å². The van der Waals surface area contributed by atoms with E-state index in [1.165, 1.54) is 0 Å². The van der Waals surface area contributed by atoms with Crippen molar-refractivity contribution in [1.29, 1.82) is 0 Å². The first-order valence-corrected chi connectivity index (χ1v) is 5.89. The lowest BCUT2D eigenvalue weighted by Crippen LogP contribution is -2.48. The average molecular weight is 312 g/mol. The summed E-state index contributed by atoms with van der Waals surface area (Å²) in [6.45, 7) is 0.179. The quantitative estimate of drug-likeness (QED) is 0.809. The number of benzene rings is 1. The Bertz CT molecular complexity index is 519. The van der Waals surface area contributed by atoms with Gasteiger partial charge in [0.15, 0.2) is 0 Å². The number of carbonyl (C=O) groups is 1. The van der Waals surface area contributed by atoms with Gasteiger partial charge in [0.05, 0.1) is 17.7 Å². The number of hydrogen-bond acceptors (Lipinski definition) is 2. The molecular formula is C12H10F6N2O. The molecule has 0 spiro atoms. The van der Waals surface area contributed by atoms with Gasteiger partial charge in [-0.15, -0.1) is 0 Å². The molecule has 0 bridgehead atoms. The van der Waals surface area contributed by atoms with Crippen molar-refractivity contribution >= 4 is 11.6 Å². The highest BCUT2D eigenvalue weighted by atomic mass is 19.4. The third-order valence-corrected chi connectivity index (χ3v) is 2.97. The van der Waals surface area contributed by atoms with E-state index in [1.54, 1.807) is 0 Å². The number of alkyl halides is 6. The first-order valence-electron chi connectivity index (χ1n) is 5.89. The summed E-state index contributed by atoms with van der Waals surface area (Å²) in [7, 11) is 0. The average Bonchev–Trinajstić information content (AvgIpc) is 2.36. The molecule has 1 fully saturated rings. The second-order valence-corrected chi connectivity index (χ2v) is 4.49. The molecule has 1 aromatic rings. The van der Waals surface area contributed by atoms with Gasteiger partial charge in [0.1, 0.15) is 0 Å². The Morgan fingerprint density at radius 2 is 1.48 bits per heavy atom. The first kappa shape index (κ1) is 15.6. The van der Waals surface area contributed by atoms with E-state index in [1.807, 2.05) is 0 Å². The summed E-state index contributed by atoms with van der Waals surface area (Å²) < 4.78 is 76.3. The van der Waals surface area contributed by atoms with Gasteiger partial charge in [-0.05, 0) is 18.2 Å². The van der Waals surface area contributed by atoms with Crippen LogP contribution in [-0.2, 0) is 17.1 Å². The largest absolute Gasteiger partial charge is 0.416 e. The minimum absolute atomic E-state index is 0.0114. The predicted molar refractivity (Wildman–Crippen MR) is 61.7 cm³/mol. The number of piperazine rings is 1. The van der Waals surface area contributed by atoms with Gasteiger partial charge < -0.3 is 10.2 Å². The van der Waals surface area contributed by atoms with Gasteiger partial charge in [0, 0.05) is 18.8 Å². The summed E-state index contributed by atoms with van der Waals surface area (Å²) in [4.78, 5) is 12.5. The Hall–Kier alpha value is -1.77. The van der Waals surface area contributed by atoms with Crippen LogP contribution in [0.4, 0.5) is 32.0 Å². The number of nitrogens with zero attached hydrogens (tertiary/aromatic N) is 1. The van der Waals surface area contributed by atoms with Crippen LogP contribution in [0.3, 0.4) is 0 Å². The summed E-state index contributed by atoms with van der Waals surface area (Å²) in [5, 5.41) is 2.69. The van der Waals surface area contributed by atoms with E-state index in [2.05, 4.69) is 5.32 Å². The van der Waals surface area contributed by atoms with Crippen molar-refractivity contribution in [2.24, 2.45) is 0 Å². The lowest BCUT2D eigenvalue weighted by Gasteiger charge is -2.28. The number of anilines is 1. The van der Waals surface area contributed by atoms with E-state index < -0.39 is 35.1 Å². The van der Waals surface area contributed by atoms with Crippen LogP contribution in [0.25, 0.3) is 0 Å². The number of hydrogen-bond donors (Lipinski definition) is 1. The molecule has 1 amide bonds. The van der Waals surface area contributed by atoms with E-state index in [4.69, 9.17) is 0 Å². The van der Waals surface area contributed by atoms with Gasteiger partial charge in [-0.3, -0.25) is 4.79 Å². The van der Waals surface area contributed by atoms with Gasteiger partial charge >= 0.3 is 12.4 Å².